The minimum atomic E-state index is -0.369. The van der Waals surface area contributed by atoms with Crippen LogP contribution in [-0.4, -0.2) is 5.91 Å². The maximum Gasteiger partial charge on any atom is 0.275 e. The predicted molar refractivity (Wildman–Crippen MR) is 101 cm³/mol. The standard InChI is InChI=1S/C22H17FN2O/c23-17-9-7-8-16(14-17)21-15-20(24-18-10-3-1-4-11-18)22(26)25(21)19-12-5-2-6-13-19/h1-15,21,24H/t21-/m0/s1. The second-order valence-electron chi connectivity index (χ2n) is 6.08. The van der Waals surface area contributed by atoms with E-state index in [9.17, 15) is 9.18 Å². The number of nitrogens with one attached hydrogen (secondary N) is 1. The zero-order valence-electron chi connectivity index (χ0n) is 14.0. The molecule has 0 aromatic heterocycles. The van der Waals surface area contributed by atoms with E-state index >= 15 is 0 Å². The van der Waals surface area contributed by atoms with Crippen LogP contribution in [0.25, 0.3) is 0 Å². The molecule has 0 spiro atoms. The average Bonchev–Trinajstić information content (AvgIpc) is 3.00. The SMILES string of the molecule is O=C1C(Nc2ccccc2)=C[C@@H](c2cccc(F)c2)N1c1ccccc1. The van der Waals surface area contributed by atoms with Crippen molar-refractivity contribution < 1.29 is 9.18 Å². The monoisotopic (exact) mass is 344 g/mol. The van der Waals surface area contributed by atoms with Crippen LogP contribution in [-0.2, 0) is 4.79 Å². The van der Waals surface area contributed by atoms with Gasteiger partial charge in [-0.2, -0.15) is 0 Å². The Hall–Kier alpha value is -3.40. The normalized spacial score (nSPS) is 16.5. The van der Waals surface area contributed by atoms with Crippen LogP contribution in [0.3, 0.4) is 0 Å². The van der Waals surface area contributed by atoms with Crippen molar-refractivity contribution in [2.24, 2.45) is 0 Å². The summed E-state index contributed by atoms with van der Waals surface area (Å²) in [5.41, 5.74) is 2.81. The number of hydrogen-bond donors (Lipinski definition) is 1. The van der Waals surface area contributed by atoms with Crippen LogP contribution < -0.4 is 10.2 Å². The van der Waals surface area contributed by atoms with Crippen molar-refractivity contribution in [1.82, 2.24) is 0 Å². The molecule has 0 aliphatic carbocycles. The number of rotatable bonds is 4. The first-order valence-electron chi connectivity index (χ1n) is 8.40. The highest BCUT2D eigenvalue weighted by Gasteiger charge is 2.34. The lowest BCUT2D eigenvalue weighted by atomic mass is 10.1. The summed E-state index contributed by atoms with van der Waals surface area (Å²) < 4.78 is 13.8. The Kier molecular flexibility index (Phi) is 4.23. The summed E-state index contributed by atoms with van der Waals surface area (Å²) >= 11 is 0. The molecule has 3 aromatic rings. The third kappa shape index (κ3) is 3.09. The van der Waals surface area contributed by atoms with Gasteiger partial charge in [-0.15, -0.1) is 0 Å². The van der Waals surface area contributed by atoms with Crippen LogP contribution >= 0.6 is 0 Å². The maximum atomic E-state index is 13.8. The van der Waals surface area contributed by atoms with E-state index < -0.39 is 0 Å². The first-order chi connectivity index (χ1) is 12.7. The molecular weight excluding hydrogens is 327 g/mol. The summed E-state index contributed by atoms with van der Waals surface area (Å²) in [6, 6.07) is 24.9. The predicted octanol–water partition coefficient (Wildman–Crippen LogP) is 4.91. The number of hydrogen-bond acceptors (Lipinski definition) is 2. The lowest BCUT2D eigenvalue weighted by Gasteiger charge is -2.25. The first-order valence-corrected chi connectivity index (χ1v) is 8.40. The molecule has 1 atom stereocenters. The molecule has 3 aromatic carbocycles. The molecule has 4 rings (SSSR count). The molecule has 0 unspecified atom stereocenters. The van der Waals surface area contributed by atoms with Crippen LogP contribution in [0.2, 0.25) is 0 Å². The Morgan fingerprint density at radius 2 is 1.54 bits per heavy atom. The van der Waals surface area contributed by atoms with Crippen molar-refractivity contribution >= 4 is 17.3 Å². The van der Waals surface area contributed by atoms with Gasteiger partial charge in [-0.3, -0.25) is 9.69 Å². The summed E-state index contributed by atoms with van der Waals surface area (Å²) in [6.45, 7) is 0. The van der Waals surface area contributed by atoms with Gasteiger partial charge in [-0.05, 0) is 48.0 Å². The van der Waals surface area contributed by atoms with Crippen LogP contribution in [0.4, 0.5) is 15.8 Å². The molecule has 26 heavy (non-hydrogen) atoms. The van der Waals surface area contributed by atoms with Gasteiger partial charge in [0, 0.05) is 11.4 Å². The molecule has 0 radical (unpaired) electrons. The van der Waals surface area contributed by atoms with Crippen molar-refractivity contribution in [2.75, 3.05) is 10.2 Å². The molecule has 0 fully saturated rings. The molecule has 1 N–H and O–H groups in total. The highest BCUT2D eigenvalue weighted by molar-refractivity contribution is 6.11. The molecule has 0 saturated carbocycles. The highest BCUT2D eigenvalue weighted by atomic mass is 19.1. The first kappa shape index (κ1) is 16.1. The molecule has 1 aliphatic rings. The van der Waals surface area contributed by atoms with Crippen LogP contribution in [0.5, 0.6) is 0 Å². The van der Waals surface area contributed by atoms with Crippen molar-refractivity contribution in [1.29, 1.82) is 0 Å². The summed E-state index contributed by atoms with van der Waals surface area (Å²) in [4.78, 5) is 14.8. The van der Waals surface area contributed by atoms with E-state index in [1.165, 1.54) is 12.1 Å². The van der Waals surface area contributed by atoms with Gasteiger partial charge >= 0.3 is 0 Å². The second kappa shape index (κ2) is 6.84. The smallest absolute Gasteiger partial charge is 0.275 e. The van der Waals surface area contributed by atoms with E-state index in [1.807, 2.05) is 72.8 Å². The summed E-state index contributed by atoms with van der Waals surface area (Å²) in [7, 11) is 0. The maximum absolute atomic E-state index is 13.8. The van der Waals surface area contributed by atoms with E-state index in [4.69, 9.17) is 0 Å². The van der Waals surface area contributed by atoms with E-state index in [1.54, 1.807) is 11.0 Å². The van der Waals surface area contributed by atoms with Crippen LogP contribution in [0, 0.1) is 5.82 Å². The number of halogens is 1. The Labute approximate surface area is 151 Å². The fraction of sp³-hybridized carbons (Fsp3) is 0.0455. The van der Waals surface area contributed by atoms with Gasteiger partial charge in [-0.1, -0.05) is 48.5 Å². The second-order valence-corrected chi connectivity index (χ2v) is 6.08. The van der Waals surface area contributed by atoms with Crippen LogP contribution in [0.1, 0.15) is 11.6 Å². The molecule has 4 heteroatoms. The van der Waals surface area contributed by atoms with Gasteiger partial charge < -0.3 is 5.32 Å². The van der Waals surface area contributed by atoms with Crippen molar-refractivity contribution in [3.05, 3.63) is 108 Å². The Morgan fingerprint density at radius 1 is 0.846 bits per heavy atom. The van der Waals surface area contributed by atoms with E-state index in [2.05, 4.69) is 5.32 Å². The van der Waals surface area contributed by atoms with Crippen molar-refractivity contribution in [3.63, 3.8) is 0 Å². The fourth-order valence-electron chi connectivity index (χ4n) is 3.13. The number of anilines is 2. The number of amides is 1. The fourth-order valence-corrected chi connectivity index (χ4v) is 3.13. The van der Waals surface area contributed by atoms with E-state index in [0.717, 1.165) is 16.9 Å². The van der Waals surface area contributed by atoms with E-state index in [0.29, 0.717) is 5.70 Å². The molecule has 1 amide bonds. The van der Waals surface area contributed by atoms with Gasteiger partial charge in [0.2, 0.25) is 0 Å². The summed E-state index contributed by atoms with van der Waals surface area (Å²) in [5, 5.41) is 3.18. The molecule has 128 valence electrons. The van der Waals surface area contributed by atoms with E-state index in [-0.39, 0.29) is 17.8 Å². The topological polar surface area (TPSA) is 32.3 Å². The molecular formula is C22H17FN2O. The third-order valence-corrected chi connectivity index (χ3v) is 4.33. The van der Waals surface area contributed by atoms with Crippen LogP contribution in [0.15, 0.2) is 96.7 Å². The molecule has 0 bridgehead atoms. The average molecular weight is 344 g/mol. The number of nitrogens with zero attached hydrogens (tertiary/aromatic N) is 1. The van der Waals surface area contributed by atoms with Gasteiger partial charge in [-0.25, -0.2) is 4.39 Å². The van der Waals surface area contributed by atoms with Crippen molar-refractivity contribution in [3.8, 4) is 0 Å². The quantitative estimate of drug-likeness (QED) is 0.729. The minimum absolute atomic E-state index is 0.144. The van der Waals surface area contributed by atoms with Gasteiger partial charge in [0.05, 0.1) is 6.04 Å². The number of benzene rings is 3. The zero-order valence-corrected chi connectivity index (χ0v) is 14.0. The number of para-hydroxylation sites is 2. The van der Waals surface area contributed by atoms with Crippen molar-refractivity contribution in [2.45, 2.75) is 6.04 Å². The largest absolute Gasteiger partial charge is 0.351 e. The minimum Gasteiger partial charge on any atom is -0.351 e. The molecule has 1 aliphatic heterocycles. The lowest BCUT2D eigenvalue weighted by molar-refractivity contribution is -0.114. The molecule has 1 heterocycles. The third-order valence-electron chi connectivity index (χ3n) is 4.33. The number of carbonyl (C=O) groups is 1. The number of carbonyl (C=O) groups excluding carboxylic acids is 1. The Bertz CT molecular complexity index is 954. The Morgan fingerprint density at radius 3 is 2.23 bits per heavy atom. The lowest BCUT2D eigenvalue weighted by Crippen LogP contribution is -2.30. The highest BCUT2D eigenvalue weighted by Crippen LogP contribution is 2.36. The Balaban J connectivity index is 1.74. The van der Waals surface area contributed by atoms with Gasteiger partial charge in [0.15, 0.2) is 0 Å². The molecule has 3 nitrogen and oxygen atoms in total. The molecule has 0 saturated heterocycles. The summed E-state index contributed by atoms with van der Waals surface area (Å²) in [5.74, 6) is -0.463. The van der Waals surface area contributed by atoms with Gasteiger partial charge in [0.25, 0.3) is 5.91 Å². The summed E-state index contributed by atoms with van der Waals surface area (Å²) in [6.07, 6.45) is 1.84. The van der Waals surface area contributed by atoms with Gasteiger partial charge in [0.1, 0.15) is 11.5 Å². The zero-order chi connectivity index (χ0) is 17.9.